The molecule has 1 unspecified atom stereocenters. The van der Waals surface area contributed by atoms with Crippen molar-refractivity contribution < 1.29 is 19.1 Å². The summed E-state index contributed by atoms with van der Waals surface area (Å²) >= 11 is 0. The lowest BCUT2D eigenvalue weighted by Crippen LogP contribution is -2.19. The van der Waals surface area contributed by atoms with Gasteiger partial charge in [0.2, 0.25) is 5.91 Å². The van der Waals surface area contributed by atoms with Crippen molar-refractivity contribution in [1.29, 1.82) is 5.41 Å². The van der Waals surface area contributed by atoms with Gasteiger partial charge in [-0.05, 0) is 73.3 Å². The number of carbonyl (C=O) groups is 1. The first-order valence-electron chi connectivity index (χ1n) is 11.1. The highest BCUT2D eigenvalue weighted by atomic mass is 31.2. The first-order valence-corrected chi connectivity index (χ1v) is 12.2. The number of fused-ring (bicyclic) bond motifs is 1. The Morgan fingerprint density at radius 1 is 1.15 bits per heavy atom. The third-order valence-corrected chi connectivity index (χ3v) is 7.08. The number of carbonyl (C=O) groups excluding carboxylic acids is 1. The van der Waals surface area contributed by atoms with E-state index in [0.29, 0.717) is 23.4 Å². The molecule has 174 valence electrons. The summed E-state index contributed by atoms with van der Waals surface area (Å²) in [5.74, 6) is 0.312. The van der Waals surface area contributed by atoms with E-state index in [4.69, 9.17) is 19.7 Å². The van der Waals surface area contributed by atoms with E-state index in [2.05, 4.69) is 34.9 Å². The molecule has 2 aliphatic carbocycles. The Bertz CT molecular complexity index is 1080. The molecule has 2 aromatic rings. The molecule has 1 spiro atoms. The molecule has 1 fully saturated rings. The molecule has 33 heavy (non-hydrogen) atoms. The maximum absolute atomic E-state index is 12.9. The lowest BCUT2D eigenvalue weighted by atomic mass is 9.86. The van der Waals surface area contributed by atoms with Crippen LogP contribution in [0, 0.1) is 10.8 Å². The fourth-order valence-electron chi connectivity index (χ4n) is 5.00. The van der Waals surface area contributed by atoms with E-state index in [9.17, 15) is 4.79 Å². The standard InChI is InChI=1S/C25H30N3O4P/c1-16(26)24(17(2)27-15-32-33(30)31)18-7-9-20(10-8-18)28-23(29)13-22-21-6-4-3-5-19(21)14-25(22)11-12-25/h3-10,22,26-27,30-31H,11-15H2,1-2H3,(H,28,29)/b24-17+,26-16?. The number of amides is 1. The first-order chi connectivity index (χ1) is 15.8. The van der Waals surface area contributed by atoms with Gasteiger partial charge in [-0.3, -0.25) is 9.32 Å². The molecule has 8 heteroatoms. The molecule has 1 amide bonds. The monoisotopic (exact) mass is 467 g/mol. The maximum atomic E-state index is 12.9. The number of anilines is 1. The predicted molar refractivity (Wildman–Crippen MR) is 131 cm³/mol. The summed E-state index contributed by atoms with van der Waals surface area (Å²) < 4.78 is 4.75. The lowest BCUT2D eigenvalue weighted by molar-refractivity contribution is -0.116. The molecule has 1 atom stereocenters. The van der Waals surface area contributed by atoms with Crippen molar-refractivity contribution in [1.82, 2.24) is 5.32 Å². The predicted octanol–water partition coefficient (Wildman–Crippen LogP) is 4.68. The van der Waals surface area contributed by atoms with Gasteiger partial charge in [-0.15, -0.1) is 0 Å². The number of nitrogens with one attached hydrogen (secondary N) is 3. The molecule has 0 heterocycles. The van der Waals surface area contributed by atoms with E-state index in [1.165, 1.54) is 24.0 Å². The van der Waals surface area contributed by atoms with Crippen molar-refractivity contribution >= 4 is 31.5 Å². The van der Waals surface area contributed by atoms with Crippen LogP contribution < -0.4 is 10.6 Å². The zero-order valence-electron chi connectivity index (χ0n) is 18.9. The molecule has 0 aromatic heterocycles. The van der Waals surface area contributed by atoms with Gasteiger partial charge in [-0.2, -0.15) is 0 Å². The minimum Gasteiger partial charge on any atom is -0.365 e. The Balaban J connectivity index is 1.42. The molecular formula is C25H30N3O4P. The highest BCUT2D eigenvalue weighted by Crippen LogP contribution is 2.64. The van der Waals surface area contributed by atoms with Crippen LogP contribution in [0.3, 0.4) is 0 Å². The van der Waals surface area contributed by atoms with E-state index in [-0.39, 0.29) is 24.0 Å². The summed E-state index contributed by atoms with van der Waals surface area (Å²) in [5, 5.41) is 14.1. The summed E-state index contributed by atoms with van der Waals surface area (Å²) in [6.45, 7) is 3.42. The molecule has 0 radical (unpaired) electrons. The average Bonchev–Trinajstić information content (AvgIpc) is 3.47. The fourth-order valence-corrected chi connectivity index (χ4v) is 5.18. The van der Waals surface area contributed by atoms with Crippen LogP contribution in [0.25, 0.3) is 5.57 Å². The van der Waals surface area contributed by atoms with Crippen LogP contribution in [0.15, 0.2) is 54.2 Å². The van der Waals surface area contributed by atoms with Crippen LogP contribution in [0.5, 0.6) is 0 Å². The third kappa shape index (κ3) is 5.33. The molecule has 7 nitrogen and oxygen atoms in total. The summed E-state index contributed by atoms with van der Waals surface area (Å²) in [5.41, 5.74) is 6.29. The second-order valence-corrected chi connectivity index (χ2v) is 9.71. The van der Waals surface area contributed by atoms with Gasteiger partial charge < -0.3 is 25.8 Å². The Hall–Kier alpha value is -2.57. The van der Waals surface area contributed by atoms with E-state index in [0.717, 1.165) is 17.7 Å². The highest BCUT2D eigenvalue weighted by Gasteiger charge is 2.54. The lowest BCUT2D eigenvalue weighted by Gasteiger charge is -2.19. The quantitative estimate of drug-likeness (QED) is 0.209. The van der Waals surface area contributed by atoms with Gasteiger partial charge in [0.1, 0.15) is 6.73 Å². The van der Waals surface area contributed by atoms with Crippen molar-refractivity contribution in [3.05, 3.63) is 70.9 Å². The summed E-state index contributed by atoms with van der Waals surface area (Å²) in [7, 11) is -2.43. The second kappa shape index (κ2) is 9.74. The Morgan fingerprint density at radius 3 is 2.48 bits per heavy atom. The third-order valence-electron chi connectivity index (χ3n) is 6.72. The van der Waals surface area contributed by atoms with E-state index >= 15 is 0 Å². The Morgan fingerprint density at radius 2 is 1.85 bits per heavy atom. The van der Waals surface area contributed by atoms with Gasteiger partial charge in [0.05, 0.1) is 0 Å². The zero-order valence-corrected chi connectivity index (χ0v) is 19.8. The van der Waals surface area contributed by atoms with Crippen molar-refractivity contribution in [2.24, 2.45) is 5.41 Å². The number of benzene rings is 2. The summed E-state index contributed by atoms with van der Waals surface area (Å²) in [4.78, 5) is 30.6. The van der Waals surface area contributed by atoms with Crippen molar-refractivity contribution in [2.75, 3.05) is 12.0 Å². The zero-order chi connectivity index (χ0) is 23.6. The molecule has 1 saturated carbocycles. The molecule has 2 aliphatic rings. The van der Waals surface area contributed by atoms with Crippen molar-refractivity contribution in [3.8, 4) is 0 Å². The van der Waals surface area contributed by atoms with Crippen molar-refractivity contribution in [3.63, 3.8) is 0 Å². The number of allylic oxidation sites excluding steroid dienone is 2. The molecule has 0 bridgehead atoms. The van der Waals surface area contributed by atoms with Crippen LogP contribution in [-0.2, 0) is 15.7 Å². The van der Waals surface area contributed by atoms with E-state index in [1.807, 2.05) is 24.3 Å². The van der Waals surface area contributed by atoms with Gasteiger partial charge in [0.15, 0.2) is 0 Å². The molecular weight excluding hydrogens is 437 g/mol. The van der Waals surface area contributed by atoms with Gasteiger partial charge in [-0.25, -0.2) is 0 Å². The van der Waals surface area contributed by atoms with Gasteiger partial charge in [0.25, 0.3) is 0 Å². The topological polar surface area (TPSA) is 115 Å². The van der Waals surface area contributed by atoms with Gasteiger partial charge in [0, 0.05) is 29.1 Å². The van der Waals surface area contributed by atoms with Crippen LogP contribution in [0.1, 0.15) is 55.7 Å². The normalized spacial score (nSPS) is 18.6. The highest BCUT2D eigenvalue weighted by molar-refractivity contribution is 7.39. The molecule has 0 aliphatic heterocycles. The molecule has 4 rings (SSSR count). The van der Waals surface area contributed by atoms with Crippen LogP contribution in [-0.4, -0.2) is 28.1 Å². The summed E-state index contributed by atoms with van der Waals surface area (Å²) in [6.07, 6.45) is 3.97. The number of rotatable bonds is 9. The number of hydrogen-bond acceptors (Lipinski definition) is 6. The average molecular weight is 468 g/mol. The van der Waals surface area contributed by atoms with Gasteiger partial charge in [-0.1, -0.05) is 36.4 Å². The van der Waals surface area contributed by atoms with Gasteiger partial charge >= 0.3 is 8.60 Å². The van der Waals surface area contributed by atoms with E-state index < -0.39 is 8.60 Å². The Kier molecular flexibility index (Phi) is 6.96. The minimum absolute atomic E-state index is 0.0224. The SMILES string of the molecule is CC(=N)/C(=C(/C)NCOP(O)O)c1ccc(NC(=O)CC2c3ccccc3CC23CC3)cc1. The summed E-state index contributed by atoms with van der Waals surface area (Å²) in [6, 6.07) is 15.9. The van der Waals surface area contributed by atoms with Crippen LogP contribution >= 0.6 is 8.60 Å². The largest absolute Gasteiger partial charge is 0.365 e. The Labute approximate surface area is 195 Å². The first kappa shape index (κ1) is 23.6. The molecule has 0 saturated heterocycles. The smallest absolute Gasteiger partial charge is 0.328 e. The fraction of sp³-hybridized carbons (Fsp3) is 0.360. The minimum atomic E-state index is -2.43. The van der Waals surface area contributed by atoms with Crippen LogP contribution in [0.2, 0.25) is 0 Å². The maximum Gasteiger partial charge on any atom is 0.328 e. The van der Waals surface area contributed by atoms with E-state index in [1.54, 1.807) is 13.8 Å². The molecule has 5 N–H and O–H groups in total. The van der Waals surface area contributed by atoms with Crippen LogP contribution in [0.4, 0.5) is 5.69 Å². The molecule has 2 aromatic carbocycles. The van der Waals surface area contributed by atoms with Crippen molar-refractivity contribution in [2.45, 2.75) is 45.4 Å². The second-order valence-electron chi connectivity index (χ2n) is 8.95. The number of hydrogen-bond donors (Lipinski definition) is 5.